The first kappa shape index (κ1) is 14.3. The van der Waals surface area contributed by atoms with Gasteiger partial charge in [0.2, 0.25) is 5.91 Å². The van der Waals surface area contributed by atoms with Gasteiger partial charge in [-0.3, -0.25) is 9.78 Å². The molecule has 1 aromatic heterocycles. The third-order valence-corrected chi connectivity index (χ3v) is 4.36. The molecule has 1 amide bonds. The number of amides is 1. The minimum Gasteiger partial charge on any atom is -0.323 e. The molecule has 3 rings (SSSR count). The zero-order chi connectivity index (χ0) is 14.8. The van der Waals surface area contributed by atoms with E-state index < -0.39 is 0 Å². The third kappa shape index (κ3) is 2.87. The first-order chi connectivity index (χ1) is 10.2. The predicted octanol–water partition coefficient (Wildman–Crippen LogP) is 3.21. The van der Waals surface area contributed by atoms with Crippen molar-refractivity contribution >= 4 is 34.1 Å². The van der Waals surface area contributed by atoms with Gasteiger partial charge in [-0.05, 0) is 49.6 Å². The first-order valence-corrected chi connectivity index (χ1v) is 7.62. The lowest BCUT2D eigenvalue weighted by molar-refractivity contribution is -0.119. The maximum atomic E-state index is 12.5. The maximum Gasteiger partial charge on any atom is 0.241 e. The number of rotatable bonds is 2. The van der Waals surface area contributed by atoms with Crippen LogP contribution in [0.25, 0.3) is 10.9 Å². The van der Waals surface area contributed by atoms with Gasteiger partial charge in [-0.25, -0.2) is 0 Å². The van der Waals surface area contributed by atoms with E-state index in [4.69, 9.17) is 11.6 Å². The van der Waals surface area contributed by atoms with Gasteiger partial charge in [0.1, 0.15) is 0 Å². The van der Waals surface area contributed by atoms with Crippen molar-refractivity contribution in [1.29, 1.82) is 0 Å². The van der Waals surface area contributed by atoms with Crippen LogP contribution in [0.4, 0.5) is 5.69 Å². The molecule has 2 unspecified atom stereocenters. The van der Waals surface area contributed by atoms with Crippen LogP contribution in [-0.4, -0.2) is 23.5 Å². The highest BCUT2D eigenvalue weighted by atomic mass is 35.5. The number of nitrogens with one attached hydrogen (secondary N) is 2. The molecule has 2 heterocycles. The van der Waals surface area contributed by atoms with E-state index in [9.17, 15) is 4.79 Å². The summed E-state index contributed by atoms with van der Waals surface area (Å²) in [4.78, 5) is 16.8. The highest BCUT2D eigenvalue weighted by molar-refractivity contribution is 6.35. The van der Waals surface area contributed by atoms with E-state index in [0.717, 1.165) is 30.3 Å². The summed E-state index contributed by atoms with van der Waals surface area (Å²) in [6.07, 6.45) is 3.90. The Morgan fingerprint density at radius 3 is 3.10 bits per heavy atom. The van der Waals surface area contributed by atoms with Crippen molar-refractivity contribution in [3.05, 3.63) is 35.5 Å². The number of piperidine rings is 1. The Balaban J connectivity index is 1.88. The summed E-state index contributed by atoms with van der Waals surface area (Å²) in [6, 6.07) is 7.20. The van der Waals surface area contributed by atoms with Crippen LogP contribution in [0.5, 0.6) is 0 Å². The van der Waals surface area contributed by atoms with E-state index in [1.54, 1.807) is 12.3 Å². The standard InChI is InChI=1S/C16H18ClN3O/c1-10-4-2-8-18-14(10)16(21)20-13-7-6-12(17)11-5-3-9-19-15(11)13/h3,5-7,9-10,14,18H,2,4,8H2,1H3,(H,20,21). The van der Waals surface area contributed by atoms with Gasteiger partial charge in [-0.2, -0.15) is 0 Å². The lowest BCUT2D eigenvalue weighted by Gasteiger charge is -2.29. The van der Waals surface area contributed by atoms with Gasteiger partial charge in [0.25, 0.3) is 0 Å². The second kappa shape index (κ2) is 6.00. The van der Waals surface area contributed by atoms with Gasteiger partial charge in [0.15, 0.2) is 0 Å². The Morgan fingerprint density at radius 2 is 2.29 bits per heavy atom. The summed E-state index contributed by atoms with van der Waals surface area (Å²) in [6.45, 7) is 3.00. The van der Waals surface area contributed by atoms with Crippen molar-refractivity contribution in [2.45, 2.75) is 25.8 Å². The summed E-state index contributed by atoms with van der Waals surface area (Å²) in [5.41, 5.74) is 1.43. The molecule has 1 saturated heterocycles. The highest BCUT2D eigenvalue weighted by Gasteiger charge is 2.27. The number of nitrogens with zero attached hydrogens (tertiary/aromatic N) is 1. The quantitative estimate of drug-likeness (QED) is 0.895. The van der Waals surface area contributed by atoms with E-state index in [1.165, 1.54) is 0 Å². The maximum absolute atomic E-state index is 12.5. The molecule has 4 nitrogen and oxygen atoms in total. The lowest BCUT2D eigenvalue weighted by Crippen LogP contribution is -2.48. The lowest BCUT2D eigenvalue weighted by atomic mass is 9.92. The van der Waals surface area contributed by atoms with Crippen molar-refractivity contribution in [3.8, 4) is 0 Å². The number of carbonyl (C=O) groups is 1. The molecule has 1 aromatic carbocycles. The number of hydrogen-bond donors (Lipinski definition) is 2. The zero-order valence-corrected chi connectivity index (χ0v) is 12.7. The minimum atomic E-state index is -0.145. The Kier molecular flexibility index (Phi) is 4.08. The molecule has 0 spiro atoms. The van der Waals surface area contributed by atoms with Crippen LogP contribution in [0.1, 0.15) is 19.8 Å². The van der Waals surface area contributed by atoms with E-state index in [2.05, 4.69) is 22.5 Å². The van der Waals surface area contributed by atoms with Gasteiger partial charge in [0, 0.05) is 11.6 Å². The summed E-state index contributed by atoms with van der Waals surface area (Å²) in [5.74, 6) is 0.335. The molecule has 1 aliphatic rings. The fourth-order valence-corrected chi connectivity index (χ4v) is 3.07. The number of anilines is 1. The Morgan fingerprint density at radius 1 is 1.43 bits per heavy atom. The van der Waals surface area contributed by atoms with Gasteiger partial charge < -0.3 is 10.6 Å². The molecule has 2 N–H and O–H groups in total. The van der Waals surface area contributed by atoms with Crippen molar-refractivity contribution in [3.63, 3.8) is 0 Å². The highest BCUT2D eigenvalue weighted by Crippen LogP contribution is 2.28. The Hall–Kier alpha value is -1.65. The van der Waals surface area contributed by atoms with Crippen LogP contribution < -0.4 is 10.6 Å². The summed E-state index contributed by atoms with van der Waals surface area (Å²) in [5, 5.41) is 7.77. The van der Waals surface area contributed by atoms with Crippen LogP contribution in [-0.2, 0) is 4.79 Å². The van der Waals surface area contributed by atoms with E-state index in [1.807, 2.05) is 18.2 Å². The average Bonchev–Trinajstić information content (AvgIpc) is 2.51. The number of fused-ring (bicyclic) bond motifs is 1. The third-order valence-electron chi connectivity index (χ3n) is 4.03. The number of carbonyl (C=O) groups excluding carboxylic acids is 1. The largest absolute Gasteiger partial charge is 0.323 e. The molecule has 5 heteroatoms. The van der Waals surface area contributed by atoms with Crippen LogP contribution >= 0.6 is 11.6 Å². The number of halogens is 1. The SMILES string of the molecule is CC1CCCNC1C(=O)Nc1ccc(Cl)c2cccnc12. The van der Waals surface area contributed by atoms with Crippen molar-refractivity contribution in [1.82, 2.24) is 10.3 Å². The summed E-state index contributed by atoms with van der Waals surface area (Å²) in [7, 11) is 0. The number of benzene rings is 1. The second-order valence-electron chi connectivity index (χ2n) is 5.54. The van der Waals surface area contributed by atoms with E-state index in [0.29, 0.717) is 16.6 Å². The van der Waals surface area contributed by atoms with Crippen LogP contribution in [0.2, 0.25) is 5.02 Å². The molecule has 0 saturated carbocycles. The number of hydrogen-bond acceptors (Lipinski definition) is 3. The zero-order valence-electron chi connectivity index (χ0n) is 11.9. The molecular weight excluding hydrogens is 286 g/mol. The predicted molar refractivity (Wildman–Crippen MR) is 85.6 cm³/mol. The van der Waals surface area contributed by atoms with Crippen LogP contribution in [0.3, 0.4) is 0 Å². The average molecular weight is 304 g/mol. The van der Waals surface area contributed by atoms with Crippen molar-refractivity contribution in [2.75, 3.05) is 11.9 Å². The smallest absolute Gasteiger partial charge is 0.241 e. The van der Waals surface area contributed by atoms with E-state index >= 15 is 0 Å². The normalized spacial score (nSPS) is 22.2. The van der Waals surface area contributed by atoms with Crippen LogP contribution in [0.15, 0.2) is 30.5 Å². The molecule has 0 aliphatic carbocycles. The molecule has 0 bridgehead atoms. The molecule has 0 radical (unpaired) electrons. The molecular formula is C16H18ClN3O. The molecule has 2 aromatic rings. The molecule has 21 heavy (non-hydrogen) atoms. The summed E-state index contributed by atoms with van der Waals surface area (Å²) < 4.78 is 0. The summed E-state index contributed by atoms with van der Waals surface area (Å²) >= 11 is 6.17. The van der Waals surface area contributed by atoms with Gasteiger partial charge in [-0.15, -0.1) is 0 Å². The topological polar surface area (TPSA) is 54.0 Å². The van der Waals surface area contributed by atoms with Crippen LogP contribution in [0, 0.1) is 5.92 Å². The molecule has 2 atom stereocenters. The van der Waals surface area contributed by atoms with Gasteiger partial charge >= 0.3 is 0 Å². The minimum absolute atomic E-state index is 0.00326. The first-order valence-electron chi connectivity index (χ1n) is 7.24. The molecule has 110 valence electrons. The number of pyridine rings is 1. The van der Waals surface area contributed by atoms with Gasteiger partial charge in [0.05, 0.1) is 22.3 Å². The fourth-order valence-electron chi connectivity index (χ4n) is 2.85. The molecule has 1 fully saturated rings. The molecule has 1 aliphatic heterocycles. The Labute approximate surface area is 128 Å². The van der Waals surface area contributed by atoms with E-state index in [-0.39, 0.29) is 11.9 Å². The fraction of sp³-hybridized carbons (Fsp3) is 0.375. The van der Waals surface area contributed by atoms with Crippen molar-refractivity contribution < 1.29 is 4.79 Å². The Bertz CT molecular complexity index is 674. The van der Waals surface area contributed by atoms with Crippen molar-refractivity contribution in [2.24, 2.45) is 5.92 Å². The van der Waals surface area contributed by atoms with Gasteiger partial charge in [-0.1, -0.05) is 18.5 Å². The monoisotopic (exact) mass is 303 g/mol. The second-order valence-corrected chi connectivity index (χ2v) is 5.94. The number of aromatic nitrogens is 1.